The summed E-state index contributed by atoms with van der Waals surface area (Å²) < 4.78 is 30.4. The van der Waals surface area contributed by atoms with Gasteiger partial charge in [0.2, 0.25) is 63.2 Å². The lowest BCUT2D eigenvalue weighted by Crippen LogP contribution is -2.61. The second kappa shape index (κ2) is 33.2. The molecule has 3 aromatic rings. The molecule has 0 radical (unpaired) electrons. The van der Waals surface area contributed by atoms with E-state index in [1.807, 2.05) is 0 Å². The van der Waals surface area contributed by atoms with Gasteiger partial charge in [0.1, 0.15) is 54.4 Å². The summed E-state index contributed by atoms with van der Waals surface area (Å²) in [4.78, 5) is 129. The zero-order chi connectivity index (χ0) is 62.4. The quantitative estimate of drug-likeness (QED) is 0.0450. The molecule has 84 heavy (non-hydrogen) atoms. The van der Waals surface area contributed by atoms with Gasteiger partial charge in [-0.05, 0) is 102 Å². The maximum atomic E-state index is 14.6. The minimum atomic E-state index is -4.58. The Morgan fingerprint density at radius 3 is 1.67 bits per heavy atom. The highest BCUT2D eigenvalue weighted by atomic mass is 32.2. The van der Waals surface area contributed by atoms with Gasteiger partial charge >= 0.3 is 0 Å². The Kier molecular flexibility index (Phi) is 27.3. The molecule has 0 bridgehead atoms. The highest BCUT2D eigenvalue weighted by molar-refractivity contribution is 7.89. The van der Waals surface area contributed by atoms with Crippen molar-refractivity contribution >= 4 is 79.6 Å². The Bertz CT molecular complexity index is 2860. The van der Waals surface area contributed by atoms with Crippen LogP contribution in [0.1, 0.15) is 71.8 Å². The smallest absolute Gasteiger partial charge is 0.245 e. The lowest BCUT2D eigenvalue weighted by Gasteiger charge is -2.28. The zero-order valence-electron chi connectivity index (χ0n) is 48.3. The number of hydrogen-bond acceptors (Lipinski definition) is 18. The first-order valence-corrected chi connectivity index (χ1v) is 29.4. The van der Waals surface area contributed by atoms with Crippen molar-refractivity contribution in [2.45, 2.75) is 144 Å². The van der Waals surface area contributed by atoms with Crippen LogP contribution < -0.4 is 80.4 Å². The van der Waals surface area contributed by atoms with Crippen molar-refractivity contribution < 1.29 is 61.8 Å². The fourth-order valence-corrected chi connectivity index (χ4v) is 10.8. The van der Waals surface area contributed by atoms with E-state index in [0.29, 0.717) is 22.0 Å². The van der Waals surface area contributed by atoms with Gasteiger partial charge in [-0.1, -0.05) is 68.4 Å². The first-order chi connectivity index (χ1) is 39.8. The number of nitrogens with one attached hydrogen (secondary N) is 10. The number of carbonyl (C=O) groups is 9. The van der Waals surface area contributed by atoms with Crippen LogP contribution in [0.15, 0.2) is 71.6 Å². The van der Waals surface area contributed by atoms with E-state index in [-0.39, 0.29) is 75.5 Å². The molecular weight excluding hydrogens is 1110 g/mol. The van der Waals surface area contributed by atoms with E-state index in [9.17, 15) is 61.8 Å². The Morgan fingerprint density at radius 1 is 0.619 bits per heavy atom. The Hall–Kier alpha value is -7.38. The van der Waals surface area contributed by atoms with Crippen molar-refractivity contribution in [2.75, 3.05) is 51.7 Å². The molecule has 1 fully saturated rings. The van der Waals surface area contributed by atoms with Gasteiger partial charge in [-0.2, -0.15) is 4.72 Å². The normalized spacial score (nSPS) is 22.6. The van der Waals surface area contributed by atoms with Crippen LogP contribution in [0.4, 0.5) is 5.69 Å². The van der Waals surface area contributed by atoms with E-state index in [1.165, 1.54) is 19.1 Å². The largest absolute Gasteiger partial charge is 0.391 e. The maximum absolute atomic E-state index is 14.6. The van der Waals surface area contributed by atoms with Crippen molar-refractivity contribution in [3.63, 3.8) is 0 Å². The number of amides is 9. The molecule has 464 valence electrons. The number of hydrogen-bond donors (Lipinski definition) is 16. The van der Waals surface area contributed by atoms with Gasteiger partial charge in [-0.3, -0.25) is 43.2 Å². The van der Waals surface area contributed by atoms with Gasteiger partial charge in [0.15, 0.2) is 0 Å². The molecule has 29 heteroatoms. The Labute approximate surface area is 489 Å². The summed E-state index contributed by atoms with van der Waals surface area (Å²) >= 11 is 0. The SMILES string of the molecule is CC(C)C[C@@H]1NC(=O)[C@@H](Cc2ccccc2)NC(=O)[C@H](CCN)NC(=O)[C@@H](NC(=O)[C@H](CCN)NC(=O)[C@@H](NS(=O)(=O)c2cccc3c(N(C)C)cccc23)[C@@H](C)O)CCNC(=O)[C@H]([C@@H](C)O)NC(=O)[C@H](CCN)NC(=O)[C@H](CCN)NC1=O. The van der Waals surface area contributed by atoms with Gasteiger partial charge in [-0.15, -0.1) is 0 Å². The topological polar surface area (TPSA) is 456 Å². The molecule has 3 aromatic carbocycles. The van der Waals surface area contributed by atoms with E-state index in [4.69, 9.17) is 22.9 Å². The molecule has 9 amide bonds. The summed E-state index contributed by atoms with van der Waals surface area (Å²) in [5, 5.41) is 45.5. The van der Waals surface area contributed by atoms with Crippen molar-refractivity contribution in [2.24, 2.45) is 28.9 Å². The fraction of sp³-hybridized carbons (Fsp3) is 0.545. The van der Waals surface area contributed by atoms with Gasteiger partial charge < -0.3 is 85.9 Å². The predicted molar refractivity (Wildman–Crippen MR) is 313 cm³/mol. The number of aliphatic hydroxyl groups is 2. The van der Waals surface area contributed by atoms with Crippen LogP contribution in [-0.4, -0.2) is 185 Å². The summed E-state index contributed by atoms with van der Waals surface area (Å²) in [6.45, 7) is 4.72. The zero-order valence-corrected chi connectivity index (χ0v) is 49.1. The van der Waals surface area contributed by atoms with Crippen LogP contribution in [0.3, 0.4) is 0 Å². The fourth-order valence-electron chi connectivity index (χ4n) is 9.27. The number of sulfonamides is 1. The van der Waals surface area contributed by atoms with E-state index >= 15 is 0 Å². The van der Waals surface area contributed by atoms with Crippen LogP contribution in [0, 0.1) is 5.92 Å². The minimum absolute atomic E-state index is 0.0420. The number of aliphatic hydroxyl groups excluding tert-OH is 2. The van der Waals surface area contributed by atoms with Gasteiger partial charge in [0.05, 0.1) is 17.1 Å². The molecular formula is C55H85N15O13S. The number of nitrogens with zero attached hydrogens (tertiary/aromatic N) is 1. The predicted octanol–water partition coefficient (Wildman–Crippen LogP) is -4.60. The number of rotatable bonds is 22. The van der Waals surface area contributed by atoms with Crippen LogP contribution in [0.25, 0.3) is 10.8 Å². The van der Waals surface area contributed by atoms with E-state index in [1.54, 1.807) is 87.4 Å². The summed E-state index contributed by atoms with van der Waals surface area (Å²) in [6, 6.07) is 4.24. The number of benzene rings is 3. The third-order valence-electron chi connectivity index (χ3n) is 13.7. The lowest BCUT2D eigenvalue weighted by atomic mass is 10.00. The van der Waals surface area contributed by atoms with Gasteiger partial charge in [-0.25, -0.2) is 8.42 Å². The minimum Gasteiger partial charge on any atom is -0.391 e. The number of carbonyl (C=O) groups excluding carboxylic acids is 9. The number of fused-ring (bicyclic) bond motifs is 1. The summed E-state index contributed by atoms with van der Waals surface area (Å²) in [6.07, 6.45) is -4.68. The third-order valence-corrected chi connectivity index (χ3v) is 15.2. The van der Waals surface area contributed by atoms with E-state index in [0.717, 1.165) is 6.92 Å². The monoisotopic (exact) mass is 1200 g/mol. The highest BCUT2D eigenvalue weighted by Gasteiger charge is 2.38. The molecule has 1 heterocycles. The third kappa shape index (κ3) is 20.2. The summed E-state index contributed by atoms with van der Waals surface area (Å²) in [5.41, 5.74) is 24.9. The lowest BCUT2D eigenvalue weighted by molar-refractivity contribution is -0.136. The molecule has 0 saturated carbocycles. The van der Waals surface area contributed by atoms with Crippen LogP contribution >= 0.6 is 0 Å². The summed E-state index contributed by atoms with van der Waals surface area (Å²) in [7, 11) is -1.01. The molecule has 0 aliphatic carbocycles. The average Bonchev–Trinajstić information content (AvgIpc) is 2.51. The van der Waals surface area contributed by atoms with Crippen molar-refractivity contribution in [3.8, 4) is 0 Å². The van der Waals surface area contributed by atoms with Gasteiger partial charge in [0, 0.05) is 43.5 Å². The molecule has 11 atom stereocenters. The standard InChI is InChI=1S/C55H85N15O13S/c1-30(2)28-41-52(78)63-36(18-23-56)47(73)62-39(21-26-59)51(77)68-45(31(3)71)54(80)60-27-22-40(50(76)61-37(19-24-57)49(75)67-42(53(79)66-41)29-33-12-8-7-9-13-33)64-48(74)38(20-25-58)65-55(81)46(32(4)72)69-84(82,83)44-17-11-14-34-35(44)15-10-16-43(34)70(5)6/h7-17,30-32,36-42,45-46,69,71-72H,18-29,56-59H2,1-6H3,(H,60,80)(H,61,76)(H,62,73)(H,63,78)(H,64,74)(H,65,81)(H,66,79)(H,67,75)(H,68,77)/t31-,32-,36+,37+,38+,39+,40+,41+,42-,45+,46+/m1/s1. The molecule has 0 aromatic heterocycles. The van der Waals surface area contributed by atoms with Crippen LogP contribution in [0.5, 0.6) is 0 Å². The average molecular weight is 1200 g/mol. The summed E-state index contributed by atoms with van der Waals surface area (Å²) in [5.74, 6) is -8.87. The van der Waals surface area contributed by atoms with Crippen LogP contribution in [-0.2, 0) is 59.6 Å². The molecule has 1 aliphatic rings. The maximum Gasteiger partial charge on any atom is 0.245 e. The first kappa shape index (κ1) is 69.1. The van der Waals surface area contributed by atoms with E-state index in [2.05, 4.69) is 52.6 Å². The number of nitrogens with two attached hydrogens (primary N) is 4. The van der Waals surface area contributed by atoms with E-state index < -0.39 is 143 Å². The molecule has 20 N–H and O–H groups in total. The molecule has 28 nitrogen and oxygen atoms in total. The second-order valence-electron chi connectivity index (χ2n) is 21.2. The number of anilines is 1. The molecule has 1 saturated heterocycles. The van der Waals surface area contributed by atoms with Crippen molar-refractivity contribution in [3.05, 3.63) is 72.3 Å². The molecule has 0 unspecified atom stereocenters. The molecule has 0 spiro atoms. The van der Waals surface area contributed by atoms with Crippen LogP contribution in [0.2, 0.25) is 0 Å². The Morgan fingerprint density at radius 2 is 1.13 bits per heavy atom. The highest BCUT2D eigenvalue weighted by Crippen LogP contribution is 2.30. The molecule has 1 aliphatic heterocycles. The van der Waals surface area contributed by atoms with Crippen molar-refractivity contribution in [1.82, 2.24) is 52.6 Å². The second-order valence-corrected chi connectivity index (χ2v) is 22.9. The molecule has 4 rings (SSSR count). The van der Waals surface area contributed by atoms with Gasteiger partial charge in [0.25, 0.3) is 0 Å². The van der Waals surface area contributed by atoms with Crippen molar-refractivity contribution in [1.29, 1.82) is 0 Å². The first-order valence-electron chi connectivity index (χ1n) is 27.9. The Balaban J connectivity index is 1.76.